The largest absolute Gasteiger partial charge is 0.460 e. The minimum Gasteiger partial charge on any atom is -0.460 e. The van der Waals surface area contributed by atoms with E-state index in [4.69, 9.17) is 12.3 Å². The van der Waals surface area contributed by atoms with Crippen molar-refractivity contribution in [1.29, 1.82) is 0 Å². The molecule has 0 aliphatic carbocycles. The van der Waals surface area contributed by atoms with Gasteiger partial charge >= 0.3 is 8.80 Å². The molecule has 1 rings (SSSR count). The monoisotopic (exact) mass is 236 g/mol. The molecule has 70 valence electrons. The summed E-state index contributed by atoms with van der Waals surface area (Å²) in [5, 5.41) is 0. The highest BCUT2D eigenvalue weighted by atomic mass is 29.2. The molecule has 0 N–H and O–H groups in total. The third kappa shape index (κ3) is 3.47. The van der Waals surface area contributed by atoms with Gasteiger partial charge in [0.15, 0.2) is 18.3 Å². The number of hydrogen-bond donors (Lipinski definition) is 0. The second kappa shape index (κ2) is 6.02. The van der Waals surface area contributed by atoms with E-state index in [-0.39, 0.29) is 0 Å². The van der Waals surface area contributed by atoms with Gasteiger partial charge in [0.1, 0.15) is 0 Å². The average Bonchev–Trinajstić information content (AvgIpc) is 2.00. The van der Waals surface area contributed by atoms with Gasteiger partial charge in [-0.3, -0.25) is 0 Å². The molecule has 1 atom stereocenters. The van der Waals surface area contributed by atoms with Crippen LogP contribution in [0.3, 0.4) is 0 Å². The van der Waals surface area contributed by atoms with Crippen molar-refractivity contribution in [1.82, 2.24) is 0 Å². The highest BCUT2D eigenvalue weighted by Gasteiger charge is 2.24. The van der Waals surface area contributed by atoms with Gasteiger partial charge in [0, 0.05) is 0 Å². The zero-order valence-electron chi connectivity index (χ0n) is 7.49. The van der Waals surface area contributed by atoms with Crippen LogP contribution in [0.25, 0.3) is 0 Å². The number of hydrogen-bond acceptors (Lipinski definition) is 3. The predicted molar refractivity (Wildman–Crippen MR) is 60.1 cm³/mol. The summed E-state index contributed by atoms with van der Waals surface area (Å²) < 4.78 is 16.7. The van der Waals surface area contributed by atoms with Crippen molar-refractivity contribution in [3.8, 4) is 0 Å². The van der Waals surface area contributed by atoms with Crippen LogP contribution in [0.15, 0.2) is 12.7 Å². The van der Waals surface area contributed by atoms with Gasteiger partial charge in [-0.1, -0.05) is 13.0 Å². The summed E-state index contributed by atoms with van der Waals surface area (Å²) in [6.45, 7) is 5.94. The molecule has 1 fully saturated rings. The second-order valence-electron chi connectivity index (χ2n) is 2.77. The van der Waals surface area contributed by atoms with Crippen molar-refractivity contribution >= 4 is 37.1 Å². The van der Waals surface area contributed by atoms with Crippen LogP contribution >= 0.6 is 0 Å². The summed E-state index contributed by atoms with van der Waals surface area (Å²) in [4.78, 5) is 0. The quantitative estimate of drug-likeness (QED) is 0.427. The Balaban J connectivity index is 2.04. The zero-order valence-corrected chi connectivity index (χ0v) is 12.6. The maximum atomic E-state index is 5.88. The SMILES string of the molecule is C=CC[SiH](CC)O[SiH2][SiH]1O[SiH2]O1. The van der Waals surface area contributed by atoms with Crippen LogP contribution < -0.4 is 0 Å². The first kappa shape index (κ1) is 10.6. The third-order valence-corrected chi connectivity index (χ3v) is 17.4. The zero-order chi connectivity index (χ0) is 8.81. The summed E-state index contributed by atoms with van der Waals surface area (Å²) in [7, 11) is -2.94. The van der Waals surface area contributed by atoms with Crippen LogP contribution in [0, 0.1) is 0 Å². The fourth-order valence-corrected chi connectivity index (χ4v) is 14.3. The molecule has 12 heavy (non-hydrogen) atoms. The van der Waals surface area contributed by atoms with Gasteiger partial charge in [0.25, 0.3) is 10.0 Å². The van der Waals surface area contributed by atoms with E-state index >= 15 is 0 Å². The Morgan fingerprint density at radius 2 is 2.50 bits per heavy atom. The average molecular weight is 237 g/mol. The first-order valence-corrected chi connectivity index (χ1v) is 12.4. The molecule has 0 aromatic heterocycles. The van der Waals surface area contributed by atoms with Crippen molar-refractivity contribution in [2.45, 2.75) is 19.0 Å². The lowest BCUT2D eigenvalue weighted by molar-refractivity contribution is 0.329. The Morgan fingerprint density at radius 1 is 1.75 bits per heavy atom. The molecular formula is C5H16O3Si4. The molecular weight excluding hydrogens is 220 g/mol. The highest BCUT2D eigenvalue weighted by molar-refractivity contribution is 7.09. The second-order valence-corrected chi connectivity index (χ2v) is 13.7. The van der Waals surface area contributed by atoms with Crippen molar-refractivity contribution in [2.24, 2.45) is 0 Å². The Labute approximate surface area is 81.5 Å². The maximum absolute atomic E-state index is 5.88. The van der Waals surface area contributed by atoms with Crippen LogP contribution in [0.4, 0.5) is 0 Å². The first-order valence-electron chi connectivity index (χ1n) is 4.32. The maximum Gasteiger partial charge on any atom is 0.306 e. The Kier molecular flexibility index (Phi) is 5.30. The molecule has 1 aliphatic heterocycles. The van der Waals surface area contributed by atoms with E-state index < -0.39 is 37.1 Å². The summed E-state index contributed by atoms with van der Waals surface area (Å²) in [6.07, 6.45) is 1.98. The minimum absolute atomic E-state index is 0.413. The lowest BCUT2D eigenvalue weighted by Crippen LogP contribution is -2.46. The van der Waals surface area contributed by atoms with Crippen molar-refractivity contribution in [3.05, 3.63) is 12.7 Å². The van der Waals surface area contributed by atoms with Crippen LogP contribution in [0.1, 0.15) is 6.92 Å². The number of rotatable bonds is 6. The van der Waals surface area contributed by atoms with E-state index in [1.54, 1.807) is 0 Å². The van der Waals surface area contributed by atoms with Gasteiger partial charge in [0.05, 0.1) is 0 Å². The molecule has 1 unspecified atom stereocenters. The molecule has 7 heteroatoms. The highest BCUT2D eigenvalue weighted by Crippen LogP contribution is 2.04. The molecule has 1 heterocycles. The van der Waals surface area contributed by atoms with Crippen molar-refractivity contribution in [2.75, 3.05) is 0 Å². The number of allylic oxidation sites excluding steroid dienone is 1. The smallest absolute Gasteiger partial charge is 0.306 e. The molecule has 0 spiro atoms. The standard InChI is InChI=1S/C5H16O3Si4/c1-3-5-11(4-2)8-10-12-6-9-7-12/h3,11-12H,1,4-5,9-10H2,2H3. The van der Waals surface area contributed by atoms with E-state index in [1.165, 1.54) is 6.04 Å². The van der Waals surface area contributed by atoms with Crippen molar-refractivity contribution in [3.63, 3.8) is 0 Å². The van der Waals surface area contributed by atoms with Crippen molar-refractivity contribution < 1.29 is 12.3 Å². The van der Waals surface area contributed by atoms with E-state index in [1.807, 2.05) is 6.08 Å². The lowest BCUT2D eigenvalue weighted by Gasteiger charge is -2.26. The van der Waals surface area contributed by atoms with Gasteiger partial charge in [-0.05, 0) is 12.1 Å². The van der Waals surface area contributed by atoms with Gasteiger partial charge < -0.3 is 12.3 Å². The molecule has 1 saturated heterocycles. The summed E-state index contributed by atoms with van der Waals surface area (Å²) >= 11 is 0. The molecule has 0 radical (unpaired) electrons. The van der Waals surface area contributed by atoms with Gasteiger partial charge in [-0.15, -0.1) is 6.58 Å². The van der Waals surface area contributed by atoms with E-state index in [0.717, 1.165) is 6.04 Å². The van der Waals surface area contributed by atoms with Crippen LogP contribution in [0.2, 0.25) is 12.1 Å². The Morgan fingerprint density at radius 3 is 2.92 bits per heavy atom. The summed E-state index contributed by atoms with van der Waals surface area (Å²) in [5.41, 5.74) is 0. The topological polar surface area (TPSA) is 27.7 Å². The molecule has 0 bridgehead atoms. The van der Waals surface area contributed by atoms with Gasteiger partial charge in [-0.2, -0.15) is 0 Å². The van der Waals surface area contributed by atoms with E-state index in [9.17, 15) is 0 Å². The minimum atomic E-state index is -1.12. The molecule has 0 aromatic carbocycles. The molecule has 0 amide bonds. The Bertz CT molecular complexity index is 141. The van der Waals surface area contributed by atoms with Crippen LogP contribution in [-0.4, -0.2) is 37.1 Å². The normalized spacial score (nSPS) is 27.6. The van der Waals surface area contributed by atoms with Gasteiger partial charge in [0.2, 0.25) is 0 Å². The lowest BCUT2D eigenvalue weighted by atomic mass is 10.8. The van der Waals surface area contributed by atoms with E-state index in [2.05, 4.69) is 13.5 Å². The fraction of sp³-hybridized carbons (Fsp3) is 0.600. The van der Waals surface area contributed by atoms with Gasteiger partial charge in [-0.25, -0.2) is 0 Å². The van der Waals surface area contributed by atoms with E-state index in [0.29, 0.717) is 0 Å². The predicted octanol–water partition coefficient (Wildman–Crippen LogP) is -1.22. The first-order chi connectivity index (χ1) is 5.86. The molecule has 0 saturated carbocycles. The summed E-state index contributed by atoms with van der Waals surface area (Å²) in [5.74, 6) is 0. The Hall–Kier alpha value is 0.488. The fourth-order valence-electron chi connectivity index (χ4n) is 1.01. The molecule has 3 nitrogen and oxygen atoms in total. The summed E-state index contributed by atoms with van der Waals surface area (Å²) in [6, 6.07) is 2.31. The third-order valence-electron chi connectivity index (χ3n) is 1.86. The molecule has 0 aromatic rings. The van der Waals surface area contributed by atoms with Crippen LogP contribution in [0.5, 0.6) is 0 Å². The molecule has 1 aliphatic rings. The van der Waals surface area contributed by atoms with Crippen LogP contribution in [-0.2, 0) is 12.3 Å².